The number of rotatable bonds is 6. The highest BCUT2D eigenvalue weighted by Gasteiger charge is 2.28. The number of carbonyl (C=O) groups excluding carboxylic acids is 1. The van der Waals surface area contributed by atoms with Gasteiger partial charge in [-0.25, -0.2) is 0 Å². The Labute approximate surface area is 139 Å². The highest BCUT2D eigenvalue weighted by atomic mass is 32.1. The van der Waals surface area contributed by atoms with E-state index < -0.39 is 0 Å². The number of aryl methyl sites for hydroxylation is 1. The molecule has 0 radical (unpaired) electrons. The lowest BCUT2D eigenvalue weighted by atomic mass is 9.98. The standard InChI is InChI=1S/C16H22N4O2S/c1-2-20-9-12(7-19-20)15-14(4-3-5-22-15)18-8-13-6-11(10-23-13)16(17)21/h6-7,9-10,14-15,18H,2-5,8H2,1H3,(H2,17,21)/t14-,15+/m0/s1. The van der Waals surface area contributed by atoms with Gasteiger partial charge in [0.05, 0.1) is 11.8 Å². The van der Waals surface area contributed by atoms with Crippen LogP contribution >= 0.6 is 11.3 Å². The number of nitrogens with two attached hydrogens (primary N) is 1. The zero-order valence-electron chi connectivity index (χ0n) is 13.2. The van der Waals surface area contributed by atoms with E-state index in [1.807, 2.05) is 16.9 Å². The van der Waals surface area contributed by atoms with E-state index in [0.717, 1.165) is 36.4 Å². The minimum atomic E-state index is -0.377. The first-order valence-electron chi connectivity index (χ1n) is 7.92. The van der Waals surface area contributed by atoms with E-state index in [9.17, 15) is 4.79 Å². The first-order chi connectivity index (χ1) is 11.2. The van der Waals surface area contributed by atoms with Crippen LogP contribution in [0.5, 0.6) is 0 Å². The molecule has 124 valence electrons. The van der Waals surface area contributed by atoms with Gasteiger partial charge in [-0.05, 0) is 25.8 Å². The summed E-state index contributed by atoms with van der Waals surface area (Å²) in [6.45, 7) is 4.42. The molecule has 3 rings (SSSR count). The summed E-state index contributed by atoms with van der Waals surface area (Å²) in [6, 6.07) is 2.10. The van der Waals surface area contributed by atoms with Crippen molar-refractivity contribution in [1.29, 1.82) is 0 Å². The second-order valence-electron chi connectivity index (χ2n) is 5.72. The predicted molar refractivity (Wildman–Crippen MR) is 89.3 cm³/mol. The van der Waals surface area contributed by atoms with Crippen LogP contribution in [0.2, 0.25) is 0 Å². The van der Waals surface area contributed by atoms with E-state index in [1.54, 1.807) is 16.7 Å². The van der Waals surface area contributed by atoms with Crippen LogP contribution in [0, 0.1) is 0 Å². The molecule has 3 N–H and O–H groups in total. The lowest BCUT2D eigenvalue weighted by Crippen LogP contribution is -2.38. The van der Waals surface area contributed by atoms with Gasteiger partial charge < -0.3 is 15.8 Å². The molecule has 3 heterocycles. The molecule has 1 fully saturated rings. The Hall–Kier alpha value is -1.70. The van der Waals surface area contributed by atoms with Crippen LogP contribution in [-0.2, 0) is 17.8 Å². The summed E-state index contributed by atoms with van der Waals surface area (Å²) < 4.78 is 7.90. The molecule has 2 aromatic rings. The first-order valence-corrected chi connectivity index (χ1v) is 8.80. The molecule has 1 amide bonds. The molecule has 2 atom stereocenters. The van der Waals surface area contributed by atoms with Gasteiger partial charge >= 0.3 is 0 Å². The van der Waals surface area contributed by atoms with Crippen molar-refractivity contribution in [3.63, 3.8) is 0 Å². The van der Waals surface area contributed by atoms with Gasteiger partial charge in [0, 0.05) is 47.8 Å². The lowest BCUT2D eigenvalue weighted by Gasteiger charge is -2.31. The van der Waals surface area contributed by atoms with Gasteiger partial charge in [0.15, 0.2) is 0 Å². The Morgan fingerprint density at radius 2 is 2.48 bits per heavy atom. The van der Waals surface area contributed by atoms with Crippen LogP contribution in [0.4, 0.5) is 0 Å². The monoisotopic (exact) mass is 334 g/mol. The molecule has 23 heavy (non-hydrogen) atoms. The maximum Gasteiger partial charge on any atom is 0.249 e. The molecule has 1 aliphatic heterocycles. The molecule has 1 aliphatic rings. The van der Waals surface area contributed by atoms with Crippen molar-refractivity contribution in [2.24, 2.45) is 5.73 Å². The maximum atomic E-state index is 11.2. The normalized spacial score (nSPS) is 21.4. The van der Waals surface area contributed by atoms with Crippen LogP contribution in [0.3, 0.4) is 0 Å². The Bertz CT molecular complexity index is 667. The molecule has 2 aromatic heterocycles. The number of primary amides is 1. The number of hydrogen-bond acceptors (Lipinski definition) is 5. The summed E-state index contributed by atoms with van der Waals surface area (Å²) in [6.07, 6.45) is 6.09. The van der Waals surface area contributed by atoms with Gasteiger partial charge in [-0.2, -0.15) is 5.10 Å². The summed E-state index contributed by atoms with van der Waals surface area (Å²) in [5.74, 6) is -0.377. The second-order valence-corrected chi connectivity index (χ2v) is 6.71. The number of ether oxygens (including phenoxy) is 1. The number of thiophene rings is 1. The quantitative estimate of drug-likeness (QED) is 0.847. The highest BCUT2D eigenvalue weighted by Crippen LogP contribution is 2.28. The third kappa shape index (κ3) is 3.80. The van der Waals surface area contributed by atoms with E-state index in [4.69, 9.17) is 10.5 Å². The largest absolute Gasteiger partial charge is 0.372 e. The Kier molecular flexibility index (Phi) is 5.09. The number of nitrogens with zero attached hydrogens (tertiary/aromatic N) is 2. The Morgan fingerprint density at radius 3 is 3.17 bits per heavy atom. The van der Waals surface area contributed by atoms with Crippen molar-refractivity contribution < 1.29 is 9.53 Å². The fraction of sp³-hybridized carbons (Fsp3) is 0.500. The minimum Gasteiger partial charge on any atom is -0.372 e. The van der Waals surface area contributed by atoms with Crippen molar-refractivity contribution in [2.75, 3.05) is 6.61 Å². The number of amides is 1. The van der Waals surface area contributed by atoms with Crippen molar-refractivity contribution in [3.8, 4) is 0 Å². The van der Waals surface area contributed by atoms with E-state index >= 15 is 0 Å². The first kappa shape index (κ1) is 16.2. The van der Waals surface area contributed by atoms with E-state index in [2.05, 4.69) is 23.5 Å². The molecule has 0 saturated carbocycles. The SMILES string of the molecule is CCn1cc([C@H]2OCCC[C@@H]2NCc2cc(C(N)=O)cs2)cn1. The minimum absolute atomic E-state index is 0.0274. The molecular formula is C16H22N4O2S. The van der Waals surface area contributed by atoms with E-state index in [-0.39, 0.29) is 18.1 Å². The summed E-state index contributed by atoms with van der Waals surface area (Å²) in [4.78, 5) is 12.3. The zero-order valence-corrected chi connectivity index (χ0v) is 14.0. The summed E-state index contributed by atoms with van der Waals surface area (Å²) in [5.41, 5.74) is 6.99. The van der Waals surface area contributed by atoms with E-state index in [1.165, 1.54) is 0 Å². The fourth-order valence-electron chi connectivity index (χ4n) is 2.85. The summed E-state index contributed by atoms with van der Waals surface area (Å²) in [7, 11) is 0. The predicted octanol–water partition coefficient (Wildman–Crippen LogP) is 2.07. The number of nitrogens with one attached hydrogen (secondary N) is 1. The number of carbonyl (C=O) groups is 1. The van der Waals surface area contributed by atoms with Gasteiger partial charge in [0.2, 0.25) is 5.91 Å². The van der Waals surface area contributed by atoms with Crippen molar-refractivity contribution >= 4 is 17.2 Å². The molecule has 1 saturated heterocycles. The summed E-state index contributed by atoms with van der Waals surface area (Å²) in [5, 5.41) is 9.71. The van der Waals surface area contributed by atoms with Crippen molar-refractivity contribution in [3.05, 3.63) is 39.8 Å². The topological polar surface area (TPSA) is 82.2 Å². The number of aromatic nitrogens is 2. The molecular weight excluding hydrogens is 312 g/mol. The van der Waals surface area contributed by atoms with Crippen molar-refractivity contribution in [1.82, 2.24) is 15.1 Å². The Morgan fingerprint density at radius 1 is 1.61 bits per heavy atom. The van der Waals surface area contributed by atoms with Gasteiger partial charge in [0.25, 0.3) is 0 Å². The molecule has 7 heteroatoms. The van der Waals surface area contributed by atoms with Crippen LogP contribution in [0.25, 0.3) is 0 Å². The van der Waals surface area contributed by atoms with E-state index in [0.29, 0.717) is 12.1 Å². The van der Waals surface area contributed by atoms with Crippen LogP contribution in [-0.4, -0.2) is 28.3 Å². The molecule has 0 bridgehead atoms. The third-order valence-corrected chi connectivity index (χ3v) is 5.04. The lowest BCUT2D eigenvalue weighted by molar-refractivity contribution is -0.0111. The molecule has 6 nitrogen and oxygen atoms in total. The summed E-state index contributed by atoms with van der Waals surface area (Å²) >= 11 is 1.55. The van der Waals surface area contributed by atoms with Gasteiger partial charge in [-0.15, -0.1) is 11.3 Å². The van der Waals surface area contributed by atoms with Gasteiger partial charge in [0.1, 0.15) is 6.10 Å². The number of hydrogen-bond donors (Lipinski definition) is 2. The van der Waals surface area contributed by atoms with Crippen LogP contribution in [0.1, 0.15) is 46.7 Å². The fourth-order valence-corrected chi connectivity index (χ4v) is 3.68. The zero-order chi connectivity index (χ0) is 16.2. The highest BCUT2D eigenvalue weighted by molar-refractivity contribution is 7.10. The smallest absolute Gasteiger partial charge is 0.249 e. The second kappa shape index (κ2) is 7.25. The third-order valence-electron chi connectivity index (χ3n) is 4.10. The molecule has 0 spiro atoms. The average molecular weight is 334 g/mol. The molecule has 0 aliphatic carbocycles. The molecule has 0 unspecified atom stereocenters. The molecule has 0 aromatic carbocycles. The maximum absolute atomic E-state index is 11.2. The van der Waals surface area contributed by atoms with Gasteiger partial charge in [-0.3, -0.25) is 9.48 Å². The van der Waals surface area contributed by atoms with Crippen LogP contribution < -0.4 is 11.1 Å². The van der Waals surface area contributed by atoms with Crippen molar-refractivity contribution in [2.45, 2.75) is 45.0 Å². The Balaban J connectivity index is 1.65. The van der Waals surface area contributed by atoms with Gasteiger partial charge in [-0.1, -0.05) is 0 Å². The van der Waals surface area contributed by atoms with Crippen LogP contribution in [0.15, 0.2) is 23.8 Å². The average Bonchev–Trinajstić information content (AvgIpc) is 3.22.